The molecule has 30 heavy (non-hydrogen) atoms. The molecule has 0 fully saturated rings. The molecule has 0 aliphatic carbocycles. The van der Waals surface area contributed by atoms with Gasteiger partial charge in [-0.15, -0.1) is 0 Å². The van der Waals surface area contributed by atoms with Gasteiger partial charge in [0.05, 0.1) is 23.5 Å². The summed E-state index contributed by atoms with van der Waals surface area (Å²) in [7, 11) is 0. The molecule has 2 heterocycles. The van der Waals surface area contributed by atoms with Crippen molar-refractivity contribution in [2.45, 2.75) is 45.7 Å². The molecule has 6 heteroatoms. The van der Waals surface area contributed by atoms with Crippen LogP contribution in [0.1, 0.15) is 42.8 Å². The van der Waals surface area contributed by atoms with E-state index >= 15 is 0 Å². The van der Waals surface area contributed by atoms with Gasteiger partial charge < -0.3 is 14.8 Å². The molecule has 1 aliphatic rings. The van der Waals surface area contributed by atoms with Crippen molar-refractivity contribution < 1.29 is 9.59 Å². The number of nitrogens with zero attached hydrogens (tertiary/aromatic N) is 3. The second-order valence-electron chi connectivity index (χ2n) is 7.88. The third-order valence-corrected chi connectivity index (χ3v) is 5.92. The second-order valence-corrected chi connectivity index (χ2v) is 7.88. The summed E-state index contributed by atoms with van der Waals surface area (Å²) in [5, 5.41) is 3.04. The van der Waals surface area contributed by atoms with Crippen molar-refractivity contribution in [3.8, 4) is 0 Å². The third kappa shape index (κ3) is 4.08. The van der Waals surface area contributed by atoms with E-state index in [0.29, 0.717) is 19.5 Å². The van der Waals surface area contributed by atoms with Crippen LogP contribution < -0.4 is 5.32 Å². The van der Waals surface area contributed by atoms with E-state index in [1.807, 2.05) is 48.2 Å². The number of benzene rings is 2. The van der Waals surface area contributed by atoms with Gasteiger partial charge in [-0.05, 0) is 43.0 Å². The average molecular weight is 405 g/mol. The molecule has 1 unspecified atom stereocenters. The Morgan fingerprint density at radius 2 is 1.90 bits per heavy atom. The van der Waals surface area contributed by atoms with E-state index in [4.69, 9.17) is 0 Å². The summed E-state index contributed by atoms with van der Waals surface area (Å²) in [6.45, 7) is 5.65. The van der Waals surface area contributed by atoms with Crippen LogP contribution in [-0.2, 0) is 22.6 Å². The van der Waals surface area contributed by atoms with Crippen molar-refractivity contribution in [2.24, 2.45) is 0 Å². The number of nitrogens with one attached hydrogen (secondary N) is 1. The molecule has 0 saturated carbocycles. The number of aromatic nitrogens is 2. The predicted molar refractivity (Wildman–Crippen MR) is 117 cm³/mol. The summed E-state index contributed by atoms with van der Waals surface area (Å²) in [6.07, 6.45) is 1.96. The zero-order chi connectivity index (χ0) is 21.1. The van der Waals surface area contributed by atoms with Crippen LogP contribution in [0, 0.1) is 6.92 Å². The number of amides is 2. The molecule has 2 amide bonds. The maximum Gasteiger partial charge on any atom is 0.222 e. The minimum absolute atomic E-state index is 0.0183. The van der Waals surface area contributed by atoms with Crippen LogP contribution in [0.2, 0.25) is 0 Å². The molecule has 156 valence electrons. The Kier molecular flexibility index (Phi) is 5.84. The number of aryl methyl sites for hydroxylation is 2. The first-order valence-electron chi connectivity index (χ1n) is 10.6. The van der Waals surface area contributed by atoms with Crippen LogP contribution in [0.25, 0.3) is 11.0 Å². The monoisotopic (exact) mass is 404 g/mol. The Hall–Kier alpha value is -3.15. The third-order valence-electron chi connectivity index (χ3n) is 5.92. The summed E-state index contributed by atoms with van der Waals surface area (Å²) in [6, 6.07) is 16.0. The lowest BCUT2D eigenvalue weighted by Crippen LogP contribution is -2.41. The molecule has 1 aromatic heterocycles. The van der Waals surface area contributed by atoms with E-state index in [0.717, 1.165) is 41.8 Å². The molecular weight excluding hydrogens is 376 g/mol. The Labute approximate surface area is 176 Å². The number of carbonyl (C=O) groups is 2. The fourth-order valence-electron chi connectivity index (χ4n) is 4.44. The fourth-order valence-corrected chi connectivity index (χ4v) is 4.44. The minimum Gasteiger partial charge on any atom is -0.356 e. The molecule has 4 rings (SSSR count). The van der Waals surface area contributed by atoms with Crippen molar-refractivity contribution in [3.63, 3.8) is 0 Å². The standard InChI is InChI=1S/C24H28N4O2/c1-17-26-21-10-5-6-11-22(21)27(17)14-7-13-25-24(30)16-23-20-9-4-3-8-19(20)12-15-28(23)18(2)29/h3-6,8-11,23H,7,12-16H2,1-2H3,(H,25,30). The van der Waals surface area contributed by atoms with Crippen LogP contribution in [0.5, 0.6) is 0 Å². The van der Waals surface area contributed by atoms with Crippen LogP contribution in [0.4, 0.5) is 0 Å². The minimum atomic E-state index is -0.188. The van der Waals surface area contributed by atoms with Gasteiger partial charge in [-0.2, -0.15) is 0 Å². The van der Waals surface area contributed by atoms with Gasteiger partial charge in [-0.3, -0.25) is 9.59 Å². The summed E-state index contributed by atoms with van der Waals surface area (Å²) in [5.41, 5.74) is 4.45. The average Bonchev–Trinajstić information content (AvgIpc) is 3.06. The highest BCUT2D eigenvalue weighted by Gasteiger charge is 2.30. The van der Waals surface area contributed by atoms with Crippen molar-refractivity contribution >= 4 is 22.8 Å². The van der Waals surface area contributed by atoms with E-state index in [-0.39, 0.29) is 17.9 Å². The van der Waals surface area contributed by atoms with Crippen LogP contribution in [-0.4, -0.2) is 39.4 Å². The summed E-state index contributed by atoms with van der Waals surface area (Å²) >= 11 is 0. The molecule has 1 atom stereocenters. The molecule has 6 nitrogen and oxygen atoms in total. The molecule has 1 aliphatic heterocycles. The van der Waals surface area contributed by atoms with E-state index < -0.39 is 0 Å². The predicted octanol–water partition coefficient (Wildman–Crippen LogP) is 3.39. The quantitative estimate of drug-likeness (QED) is 0.641. The molecule has 1 N–H and O–H groups in total. The SMILES string of the molecule is CC(=O)N1CCc2ccccc2C1CC(=O)NCCCn1c(C)nc2ccccc21. The molecular formula is C24H28N4O2. The second kappa shape index (κ2) is 8.69. The first kappa shape index (κ1) is 20.1. The number of imidazole rings is 1. The van der Waals surface area contributed by atoms with Gasteiger partial charge in [0.1, 0.15) is 5.82 Å². The van der Waals surface area contributed by atoms with Gasteiger partial charge in [0.25, 0.3) is 0 Å². The topological polar surface area (TPSA) is 67.2 Å². The van der Waals surface area contributed by atoms with E-state index in [9.17, 15) is 9.59 Å². The van der Waals surface area contributed by atoms with E-state index in [1.54, 1.807) is 6.92 Å². The Morgan fingerprint density at radius 3 is 2.73 bits per heavy atom. The number of para-hydroxylation sites is 2. The molecule has 0 saturated heterocycles. The molecule has 3 aromatic rings. The maximum absolute atomic E-state index is 12.7. The number of rotatable bonds is 6. The Bertz CT molecular complexity index is 1070. The van der Waals surface area contributed by atoms with Crippen molar-refractivity contribution in [2.75, 3.05) is 13.1 Å². The van der Waals surface area contributed by atoms with E-state index in [2.05, 4.69) is 27.0 Å². The van der Waals surface area contributed by atoms with Crippen molar-refractivity contribution in [3.05, 3.63) is 65.5 Å². The zero-order valence-electron chi connectivity index (χ0n) is 17.6. The smallest absolute Gasteiger partial charge is 0.222 e. The molecule has 0 radical (unpaired) electrons. The first-order chi connectivity index (χ1) is 14.5. The van der Waals surface area contributed by atoms with Gasteiger partial charge in [0.2, 0.25) is 11.8 Å². The number of hydrogen-bond donors (Lipinski definition) is 1. The van der Waals surface area contributed by atoms with Crippen LogP contribution in [0.3, 0.4) is 0 Å². The molecule has 2 aromatic carbocycles. The normalized spacial score (nSPS) is 15.8. The lowest BCUT2D eigenvalue weighted by atomic mass is 9.90. The Balaban J connectivity index is 1.35. The summed E-state index contributed by atoms with van der Waals surface area (Å²) in [4.78, 5) is 31.2. The fraction of sp³-hybridized carbons (Fsp3) is 0.375. The highest BCUT2D eigenvalue weighted by molar-refractivity contribution is 5.79. The van der Waals surface area contributed by atoms with Crippen molar-refractivity contribution in [1.82, 2.24) is 19.8 Å². The summed E-state index contributed by atoms with van der Waals surface area (Å²) in [5.74, 6) is 0.985. The lowest BCUT2D eigenvalue weighted by Gasteiger charge is -2.36. The Morgan fingerprint density at radius 1 is 1.13 bits per heavy atom. The van der Waals surface area contributed by atoms with Gasteiger partial charge in [-0.25, -0.2) is 4.98 Å². The van der Waals surface area contributed by atoms with Gasteiger partial charge in [-0.1, -0.05) is 36.4 Å². The maximum atomic E-state index is 12.7. The van der Waals surface area contributed by atoms with Crippen molar-refractivity contribution in [1.29, 1.82) is 0 Å². The molecule has 0 bridgehead atoms. The number of carbonyl (C=O) groups excluding carboxylic acids is 2. The van der Waals surface area contributed by atoms with Crippen LogP contribution >= 0.6 is 0 Å². The zero-order valence-corrected chi connectivity index (χ0v) is 17.6. The van der Waals surface area contributed by atoms with E-state index in [1.165, 1.54) is 5.56 Å². The number of fused-ring (bicyclic) bond motifs is 2. The molecule has 0 spiro atoms. The first-order valence-corrected chi connectivity index (χ1v) is 10.6. The van der Waals surface area contributed by atoms with Gasteiger partial charge >= 0.3 is 0 Å². The summed E-state index contributed by atoms with van der Waals surface area (Å²) < 4.78 is 2.19. The van der Waals surface area contributed by atoms with Gasteiger partial charge in [0, 0.05) is 26.6 Å². The highest BCUT2D eigenvalue weighted by atomic mass is 16.2. The van der Waals surface area contributed by atoms with Crippen LogP contribution in [0.15, 0.2) is 48.5 Å². The highest BCUT2D eigenvalue weighted by Crippen LogP contribution is 2.32. The lowest BCUT2D eigenvalue weighted by molar-refractivity contribution is -0.133. The van der Waals surface area contributed by atoms with Gasteiger partial charge in [0.15, 0.2) is 0 Å². The number of hydrogen-bond acceptors (Lipinski definition) is 3. The largest absolute Gasteiger partial charge is 0.356 e.